The largest absolute Gasteiger partial charge is 0.392 e. The molecule has 0 radical (unpaired) electrons. The molecule has 1 fully saturated rings. The number of hydrogen-bond acceptors (Lipinski definition) is 3. The lowest BCUT2D eigenvalue weighted by atomic mass is 10.1. The topological polar surface area (TPSA) is 35.5 Å². The summed E-state index contributed by atoms with van der Waals surface area (Å²) >= 11 is 0. The van der Waals surface area contributed by atoms with E-state index in [1.54, 1.807) is 0 Å². The first-order chi connectivity index (χ1) is 5.22. The average molecular weight is 158 g/mol. The van der Waals surface area contributed by atoms with Crippen molar-refractivity contribution < 1.29 is 5.11 Å². The van der Waals surface area contributed by atoms with Crippen LogP contribution >= 0.6 is 0 Å². The predicted octanol–water partition coefficient (Wildman–Crippen LogP) is -0.339. The second kappa shape index (κ2) is 4.04. The quantitative estimate of drug-likeness (QED) is 0.577. The van der Waals surface area contributed by atoms with Crippen LogP contribution in [0.25, 0.3) is 0 Å². The molecule has 1 saturated heterocycles. The summed E-state index contributed by atoms with van der Waals surface area (Å²) < 4.78 is 0. The average Bonchev–Trinajstić information content (AvgIpc) is 2.05. The molecule has 0 aliphatic carbocycles. The molecule has 66 valence electrons. The van der Waals surface area contributed by atoms with Gasteiger partial charge in [-0.25, -0.2) is 0 Å². The van der Waals surface area contributed by atoms with Crippen molar-refractivity contribution in [3.05, 3.63) is 0 Å². The molecule has 2 N–H and O–H groups in total. The highest BCUT2D eigenvalue weighted by molar-refractivity contribution is 4.76. The van der Waals surface area contributed by atoms with E-state index in [0.717, 1.165) is 26.2 Å². The molecule has 3 nitrogen and oxygen atoms in total. The van der Waals surface area contributed by atoms with E-state index in [0.29, 0.717) is 6.04 Å². The van der Waals surface area contributed by atoms with Crippen LogP contribution in [0.5, 0.6) is 0 Å². The number of aliphatic hydroxyl groups excluding tert-OH is 1. The summed E-state index contributed by atoms with van der Waals surface area (Å²) in [6, 6.07) is 0.303. The lowest BCUT2D eigenvalue weighted by molar-refractivity contribution is 0.0633. The Balaban J connectivity index is 2.32. The van der Waals surface area contributed by atoms with E-state index >= 15 is 0 Å². The van der Waals surface area contributed by atoms with E-state index in [1.165, 1.54) is 0 Å². The van der Waals surface area contributed by atoms with Gasteiger partial charge >= 0.3 is 0 Å². The smallest absolute Gasteiger partial charge is 0.0664 e. The highest BCUT2D eigenvalue weighted by Gasteiger charge is 2.19. The van der Waals surface area contributed by atoms with Crippen LogP contribution in [-0.4, -0.2) is 48.3 Å². The Labute approximate surface area is 68.4 Å². The number of nitrogens with one attached hydrogen (secondary N) is 1. The summed E-state index contributed by atoms with van der Waals surface area (Å²) in [4.78, 5) is 2.32. The molecule has 1 heterocycles. The molecule has 0 bridgehead atoms. The fourth-order valence-electron chi connectivity index (χ4n) is 1.39. The van der Waals surface area contributed by atoms with Crippen LogP contribution in [0.3, 0.4) is 0 Å². The minimum Gasteiger partial charge on any atom is -0.392 e. The van der Waals surface area contributed by atoms with E-state index in [-0.39, 0.29) is 6.10 Å². The van der Waals surface area contributed by atoms with E-state index in [2.05, 4.69) is 17.1 Å². The van der Waals surface area contributed by atoms with E-state index in [4.69, 9.17) is 0 Å². The maximum Gasteiger partial charge on any atom is 0.0664 e. The summed E-state index contributed by atoms with van der Waals surface area (Å²) in [6.07, 6.45) is -0.215. The number of aliphatic hydroxyl groups is 1. The van der Waals surface area contributed by atoms with Crippen LogP contribution < -0.4 is 5.32 Å². The maximum absolute atomic E-state index is 9.31. The number of nitrogens with zero attached hydrogens (tertiary/aromatic N) is 1. The van der Waals surface area contributed by atoms with Crippen LogP contribution in [0, 0.1) is 0 Å². The molecule has 1 aliphatic heterocycles. The molecule has 1 aliphatic rings. The van der Waals surface area contributed by atoms with Crippen molar-refractivity contribution in [3.63, 3.8) is 0 Å². The summed E-state index contributed by atoms with van der Waals surface area (Å²) in [5.41, 5.74) is 0. The van der Waals surface area contributed by atoms with Crippen molar-refractivity contribution in [2.24, 2.45) is 0 Å². The van der Waals surface area contributed by atoms with Gasteiger partial charge in [-0.3, -0.25) is 4.90 Å². The third-order valence-corrected chi connectivity index (χ3v) is 2.43. The van der Waals surface area contributed by atoms with Gasteiger partial charge in [-0.05, 0) is 13.8 Å². The molecule has 0 amide bonds. The summed E-state index contributed by atoms with van der Waals surface area (Å²) in [6.45, 7) is 8.16. The number of rotatable bonds is 2. The van der Waals surface area contributed by atoms with Crippen molar-refractivity contribution in [2.75, 3.05) is 26.2 Å². The van der Waals surface area contributed by atoms with Crippen LogP contribution in [0.15, 0.2) is 0 Å². The molecular formula is C8H18N2O. The van der Waals surface area contributed by atoms with Gasteiger partial charge in [-0.1, -0.05) is 0 Å². The Hall–Kier alpha value is -0.120. The standard InChI is InChI=1S/C8H18N2O/c1-7(8(2)11)10-5-3-9-4-6-10/h7-9,11H,3-6H2,1-2H3/t7-,8-/m0/s1. The molecule has 11 heavy (non-hydrogen) atoms. The summed E-state index contributed by atoms with van der Waals surface area (Å²) in [5.74, 6) is 0. The van der Waals surface area contributed by atoms with Gasteiger partial charge in [-0.2, -0.15) is 0 Å². The van der Waals surface area contributed by atoms with Gasteiger partial charge in [0.1, 0.15) is 0 Å². The zero-order valence-corrected chi connectivity index (χ0v) is 7.38. The van der Waals surface area contributed by atoms with E-state index in [1.807, 2.05) is 6.92 Å². The molecule has 0 unspecified atom stereocenters. The fraction of sp³-hybridized carbons (Fsp3) is 1.00. The highest BCUT2D eigenvalue weighted by atomic mass is 16.3. The molecule has 0 saturated carbocycles. The highest BCUT2D eigenvalue weighted by Crippen LogP contribution is 2.04. The molecule has 3 heteroatoms. The third-order valence-electron chi connectivity index (χ3n) is 2.43. The second-order valence-corrected chi connectivity index (χ2v) is 3.27. The molecule has 2 atom stereocenters. The lowest BCUT2D eigenvalue weighted by Gasteiger charge is -2.34. The molecular weight excluding hydrogens is 140 g/mol. The monoisotopic (exact) mass is 158 g/mol. The normalized spacial score (nSPS) is 26.5. The van der Waals surface area contributed by atoms with Crippen LogP contribution in [0.1, 0.15) is 13.8 Å². The van der Waals surface area contributed by atoms with Crippen LogP contribution in [-0.2, 0) is 0 Å². The Kier molecular flexibility index (Phi) is 3.30. The predicted molar refractivity (Wildman–Crippen MR) is 45.6 cm³/mol. The van der Waals surface area contributed by atoms with E-state index in [9.17, 15) is 5.11 Å². The maximum atomic E-state index is 9.31. The van der Waals surface area contributed by atoms with Crippen molar-refractivity contribution >= 4 is 0 Å². The fourth-order valence-corrected chi connectivity index (χ4v) is 1.39. The van der Waals surface area contributed by atoms with Gasteiger partial charge in [-0.15, -0.1) is 0 Å². The molecule has 0 spiro atoms. The number of piperazine rings is 1. The lowest BCUT2D eigenvalue weighted by Crippen LogP contribution is -2.50. The molecule has 1 rings (SSSR count). The minimum absolute atomic E-state index is 0.215. The summed E-state index contributed by atoms with van der Waals surface area (Å²) in [5, 5.41) is 12.6. The van der Waals surface area contributed by atoms with Gasteiger partial charge in [0.05, 0.1) is 6.10 Å². The summed E-state index contributed by atoms with van der Waals surface area (Å²) in [7, 11) is 0. The Morgan fingerprint density at radius 2 is 1.82 bits per heavy atom. The first-order valence-electron chi connectivity index (χ1n) is 4.34. The van der Waals surface area contributed by atoms with Crippen molar-refractivity contribution in [3.8, 4) is 0 Å². The van der Waals surface area contributed by atoms with Gasteiger partial charge in [0.15, 0.2) is 0 Å². The zero-order chi connectivity index (χ0) is 8.27. The first kappa shape index (κ1) is 8.97. The zero-order valence-electron chi connectivity index (χ0n) is 7.38. The first-order valence-corrected chi connectivity index (χ1v) is 4.34. The van der Waals surface area contributed by atoms with Gasteiger partial charge in [0.2, 0.25) is 0 Å². The molecule has 0 aromatic carbocycles. The van der Waals surface area contributed by atoms with Gasteiger partial charge < -0.3 is 10.4 Å². The minimum atomic E-state index is -0.215. The van der Waals surface area contributed by atoms with Crippen molar-refractivity contribution in [1.29, 1.82) is 0 Å². The number of hydrogen-bond donors (Lipinski definition) is 2. The molecule has 0 aromatic heterocycles. The third kappa shape index (κ3) is 2.43. The Morgan fingerprint density at radius 3 is 2.27 bits per heavy atom. The van der Waals surface area contributed by atoms with E-state index < -0.39 is 0 Å². The van der Waals surface area contributed by atoms with Gasteiger partial charge in [0, 0.05) is 32.2 Å². The second-order valence-electron chi connectivity index (χ2n) is 3.27. The Bertz CT molecular complexity index is 111. The van der Waals surface area contributed by atoms with Crippen molar-refractivity contribution in [2.45, 2.75) is 26.0 Å². The SMILES string of the molecule is C[C@H](O)[C@H](C)N1CCNCC1. The van der Waals surface area contributed by atoms with Gasteiger partial charge in [0.25, 0.3) is 0 Å². The molecule has 0 aromatic rings. The Morgan fingerprint density at radius 1 is 1.27 bits per heavy atom. The van der Waals surface area contributed by atoms with Crippen LogP contribution in [0.4, 0.5) is 0 Å². The van der Waals surface area contributed by atoms with Crippen LogP contribution in [0.2, 0.25) is 0 Å². The van der Waals surface area contributed by atoms with Crippen molar-refractivity contribution in [1.82, 2.24) is 10.2 Å².